The van der Waals surface area contributed by atoms with Crippen molar-refractivity contribution < 1.29 is 14.1 Å². The molecule has 82 valence electrons. The second-order valence-electron chi connectivity index (χ2n) is 3.30. The molecule has 0 unspecified atom stereocenters. The molecule has 1 heterocycles. The molecule has 3 nitrogen and oxygen atoms in total. The Morgan fingerprint density at radius 3 is 2.88 bits per heavy atom. The third kappa shape index (κ3) is 2.07. The Labute approximate surface area is 102 Å². The zero-order valence-electron chi connectivity index (χ0n) is 8.81. The number of pyridine rings is 1. The molecular weight excluding hydrogens is 270 g/mol. The summed E-state index contributed by atoms with van der Waals surface area (Å²) in [6, 6.07) is 7.84. The Morgan fingerprint density at radius 1 is 1.38 bits per heavy atom. The van der Waals surface area contributed by atoms with Gasteiger partial charge in [0.15, 0.2) is 12.4 Å². The molecule has 0 aliphatic heterocycles. The summed E-state index contributed by atoms with van der Waals surface area (Å²) in [7, 11) is 0. The number of fused-ring (bicyclic) bond motifs is 1. The van der Waals surface area contributed by atoms with Crippen LogP contribution in [0.5, 0.6) is 0 Å². The van der Waals surface area contributed by atoms with Gasteiger partial charge in [0.2, 0.25) is 0 Å². The average Bonchev–Trinajstić information content (AvgIpc) is 2.29. The second kappa shape index (κ2) is 4.61. The number of halogens is 1. The molecule has 0 fully saturated rings. The molecule has 1 aromatic carbocycles. The Bertz CT molecular complexity index is 540. The van der Waals surface area contributed by atoms with E-state index in [4.69, 9.17) is 4.74 Å². The molecule has 1 aromatic heterocycles. The van der Waals surface area contributed by atoms with E-state index in [9.17, 15) is 4.79 Å². The highest BCUT2D eigenvalue weighted by atomic mass is 79.9. The minimum Gasteiger partial charge on any atom is -0.412 e. The normalized spacial score (nSPS) is 10.4. The van der Waals surface area contributed by atoms with Gasteiger partial charge in [-0.25, -0.2) is 0 Å². The van der Waals surface area contributed by atoms with Crippen LogP contribution in [0.4, 0.5) is 4.79 Å². The summed E-state index contributed by atoms with van der Waals surface area (Å²) in [6.07, 6.45) is 3.10. The van der Waals surface area contributed by atoms with E-state index >= 15 is 0 Å². The van der Waals surface area contributed by atoms with Gasteiger partial charge in [0.1, 0.15) is 0 Å². The maximum atomic E-state index is 11.6. The van der Waals surface area contributed by atoms with Gasteiger partial charge in [-0.15, -0.1) is 0 Å². The molecular formula is C12H11BrNO2+. The molecule has 2 aromatic rings. The van der Waals surface area contributed by atoms with Crippen LogP contribution in [0, 0.1) is 0 Å². The number of benzene rings is 1. The lowest BCUT2D eigenvalue weighted by Crippen LogP contribution is -2.42. The van der Waals surface area contributed by atoms with Crippen molar-refractivity contribution in [3.63, 3.8) is 0 Å². The zero-order valence-corrected chi connectivity index (χ0v) is 10.4. The number of carbonyl (C=O) groups is 1. The Hall–Kier alpha value is -1.42. The Balaban J connectivity index is 2.53. The Kier molecular flexibility index (Phi) is 3.19. The quantitative estimate of drug-likeness (QED) is 0.752. The summed E-state index contributed by atoms with van der Waals surface area (Å²) >= 11 is 3.44. The molecule has 0 aliphatic rings. The van der Waals surface area contributed by atoms with E-state index in [0.29, 0.717) is 6.61 Å². The van der Waals surface area contributed by atoms with E-state index in [1.807, 2.05) is 24.3 Å². The van der Waals surface area contributed by atoms with Gasteiger partial charge in [-0.3, -0.25) is 0 Å². The smallest absolute Gasteiger partial charge is 0.412 e. The largest absolute Gasteiger partial charge is 0.601 e. The van der Waals surface area contributed by atoms with Crippen molar-refractivity contribution in [2.75, 3.05) is 6.61 Å². The van der Waals surface area contributed by atoms with E-state index in [2.05, 4.69) is 15.9 Å². The van der Waals surface area contributed by atoms with Gasteiger partial charge < -0.3 is 4.74 Å². The van der Waals surface area contributed by atoms with Gasteiger partial charge in [-0.2, -0.15) is 4.79 Å². The number of hydrogen-bond donors (Lipinski definition) is 0. The van der Waals surface area contributed by atoms with Crippen LogP contribution in [0.3, 0.4) is 0 Å². The molecule has 0 amide bonds. The molecule has 0 aliphatic carbocycles. The third-order valence-electron chi connectivity index (χ3n) is 2.23. The number of hydrogen-bond acceptors (Lipinski definition) is 2. The van der Waals surface area contributed by atoms with E-state index in [0.717, 1.165) is 15.2 Å². The van der Waals surface area contributed by atoms with Crippen LogP contribution >= 0.6 is 15.9 Å². The standard InChI is InChI=1S/C12H11BrNO2/c1-2-16-12(15)14-7-9-5-3-4-6-10(9)11(13)8-14/h3-8H,2H2,1H3/q+1. The number of nitrogens with zero attached hydrogens (tertiary/aromatic N) is 1. The van der Waals surface area contributed by atoms with Crippen LogP contribution in [-0.2, 0) is 4.74 Å². The molecule has 0 bridgehead atoms. The minimum absolute atomic E-state index is 0.367. The highest BCUT2D eigenvalue weighted by Crippen LogP contribution is 2.20. The number of rotatable bonds is 1. The lowest BCUT2D eigenvalue weighted by Gasteiger charge is -1.99. The van der Waals surface area contributed by atoms with Crippen molar-refractivity contribution in [1.29, 1.82) is 0 Å². The van der Waals surface area contributed by atoms with Crippen LogP contribution < -0.4 is 4.57 Å². The fraction of sp³-hybridized carbons (Fsp3) is 0.167. The van der Waals surface area contributed by atoms with E-state index in [-0.39, 0.29) is 6.09 Å². The lowest BCUT2D eigenvalue weighted by atomic mass is 10.2. The van der Waals surface area contributed by atoms with Crippen molar-refractivity contribution in [2.24, 2.45) is 0 Å². The average molecular weight is 281 g/mol. The summed E-state index contributed by atoms with van der Waals surface area (Å²) in [4.78, 5) is 11.6. The van der Waals surface area contributed by atoms with E-state index in [1.165, 1.54) is 4.57 Å². The highest BCUT2D eigenvalue weighted by Gasteiger charge is 2.17. The van der Waals surface area contributed by atoms with Gasteiger partial charge in [0.25, 0.3) is 0 Å². The van der Waals surface area contributed by atoms with Gasteiger partial charge in [-0.1, -0.05) is 22.8 Å². The first-order valence-electron chi connectivity index (χ1n) is 4.99. The summed E-state index contributed by atoms with van der Waals surface area (Å²) < 4.78 is 7.25. The molecule has 16 heavy (non-hydrogen) atoms. The van der Waals surface area contributed by atoms with Crippen molar-refractivity contribution in [2.45, 2.75) is 6.92 Å². The minimum atomic E-state index is -0.367. The van der Waals surface area contributed by atoms with Gasteiger partial charge in [0, 0.05) is 10.8 Å². The maximum absolute atomic E-state index is 11.6. The van der Waals surface area contributed by atoms with Crippen molar-refractivity contribution in [3.8, 4) is 0 Å². The van der Waals surface area contributed by atoms with Gasteiger partial charge >= 0.3 is 6.09 Å². The SMILES string of the molecule is CCOC(=O)[n+]1cc(Br)c2ccccc2c1. The maximum Gasteiger partial charge on any atom is 0.601 e. The monoisotopic (exact) mass is 280 g/mol. The molecule has 0 radical (unpaired) electrons. The molecule has 0 saturated carbocycles. The van der Waals surface area contributed by atoms with Crippen LogP contribution in [-0.4, -0.2) is 12.7 Å². The summed E-state index contributed by atoms with van der Waals surface area (Å²) in [5, 5.41) is 2.06. The first-order chi connectivity index (χ1) is 7.72. The summed E-state index contributed by atoms with van der Waals surface area (Å²) in [6.45, 7) is 2.16. The van der Waals surface area contributed by atoms with Crippen molar-refractivity contribution >= 4 is 32.8 Å². The predicted molar refractivity (Wildman–Crippen MR) is 64.3 cm³/mol. The van der Waals surface area contributed by atoms with Crippen molar-refractivity contribution in [3.05, 3.63) is 41.1 Å². The van der Waals surface area contributed by atoms with Crippen LogP contribution in [0.2, 0.25) is 0 Å². The van der Waals surface area contributed by atoms with E-state index < -0.39 is 0 Å². The highest BCUT2D eigenvalue weighted by molar-refractivity contribution is 9.10. The molecule has 4 heteroatoms. The Morgan fingerprint density at radius 2 is 2.12 bits per heavy atom. The third-order valence-corrected chi connectivity index (χ3v) is 2.86. The zero-order chi connectivity index (χ0) is 11.5. The van der Waals surface area contributed by atoms with Crippen molar-refractivity contribution in [1.82, 2.24) is 0 Å². The molecule has 0 N–H and O–H groups in total. The van der Waals surface area contributed by atoms with Crippen LogP contribution in [0.25, 0.3) is 10.8 Å². The van der Waals surface area contributed by atoms with Gasteiger partial charge in [-0.05, 0) is 28.9 Å². The number of carbonyl (C=O) groups excluding carboxylic acids is 1. The molecule has 0 spiro atoms. The molecule has 0 saturated heterocycles. The van der Waals surface area contributed by atoms with E-state index in [1.54, 1.807) is 19.3 Å². The van der Waals surface area contributed by atoms with Gasteiger partial charge in [0.05, 0.1) is 11.1 Å². The summed E-state index contributed by atoms with van der Waals surface area (Å²) in [5.74, 6) is 0. The topological polar surface area (TPSA) is 30.2 Å². The first kappa shape index (κ1) is 11.1. The fourth-order valence-corrected chi connectivity index (χ4v) is 2.09. The molecule has 0 atom stereocenters. The van der Waals surface area contributed by atoms with Crippen LogP contribution in [0.1, 0.15) is 6.92 Å². The second-order valence-corrected chi connectivity index (χ2v) is 4.15. The summed E-state index contributed by atoms with van der Waals surface area (Å²) in [5.41, 5.74) is 0. The number of ether oxygens (including phenoxy) is 1. The molecule has 2 rings (SSSR count). The fourth-order valence-electron chi connectivity index (χ4n) is 1.51. The lowest BCUT2D eigenvalue weighted by molar-refractivity contribution is -0.585. The first-order valence-corrected chi connectivity index (χ1v) is 5.78. The van der Waals surface area contributed by atoms with Crippen LogP contribution in [0.15, 0.2) is 41.1 Å². The number of aromatic nitrogens is 1. The predicted octanol–water partition coefficient (Wildman–Crippen LogP) is 2.89.